The highest BCUT2D eigenvalue weighted by Crippen LogP contribution is 2.18. The van der Waals surface area contributed by atoms with Crippen molar-refractivity contribution in [2.24, 2.45) is 0 Å². The first-order valence-electron chi connectivity index (χ1n) is 34.8. The maximum absolute atomic E-state index is 13.0. The molecule has 0 rings (SSSR count). The molecule has 0 aliphatic carbocycles. The summed E-state index contributed by atoms with van der Waals surface area (Å²) in [5.41, 5.74) is 0. The first kappa shape index (κ1) is 76.1. The van der Waals surface area contributed by atoms with Crippen LogP contribution in [0.5, 0.6) is 0 Å². The molecular formula is C73H132O6. The largest absolute Gasteiger partial charge is 0.462 e. The highest BCUT2D eigenvalue weighted by atomic mass is 16.6. The first-order valence-corrected chi connectivity index (χ1v) is 34.8. The number of rotatable bonds is 64. The summed E-state index contributed by atoms with van der Waals surface area (Å²) in [5.74, 6) is -0.857. The van der Waals surface area contributed by atoms with Gasteiger partial charge in [0.25, 0.3) is 0 Å². The van der Waals surface area contributed by atoms with Gasteiger partial charge < -0.3 is 14.2 Å². The fourth-order valence-electron chi connectivity index (χ4n) is 10.4. The van der Waals surface area contributed by atoms with E-state index in [2.05, 4.69) is 81.5 Å². The molecule has 0 bridgehead atoms. The second-order valence-electron chi connectivity index (χ2n) is 23.4. The van der Waals surface area contributed by atoms with Gasteiger partial charge in [0.15, 0.2) is 6.10 Å². The molecular weight excluding hydrogens is 973 g/mol. The molecule has 0 amide bonds. The second-order valence-corrected chi connectivity index (χ2v) is 23.4. The maximum atomic E-state index is 13.0. The normalized spacial score (nSPS) is 12.4. The molecule has 0 aromatic carbocycles. The molecule has 1 unspecified atom stereocenters. The zero-order chi connectivity index (χ0) is 57.1. The molecule has 460 valence electrons. The molecule has 0 heterocycles. The summed E-state index contributed by atoms with van der Waals surface area (Å²) in [5, 5.41) is 0. The van der Waals surface area contributed by atoms with Crippen molar-refractivity contribution >= 4 is 17.9 Å². The van der Waals surface area contributed by atoms with E-state index in [0.717, 1.165) is 96.3 Å². The van der Waals surface area contributed by atoms with Crippen molar-refractivity contribution in [3.05, 3.63) is 60.8 Å². The Morgan fingerprint density at radius 2 is 0.494 bits per heavy atom. The molecule has 6 nitrogen and oxygen atoms in total. The Balaban J connectivity index is 4.33. The van der Waals surface area contributed by atoms with Gasteiger partial charge in [-0.25, -0.2) is 0 Å². The van der Waals surface area contributed by atoms with Crippen LogP contribution in [0.3, 0.4) is 0 Å². The maximum Gasteiger partial charge on any atom is 0.306 e. The van der Waals surface area contributed by atoms with Crippen molar-refractivity contribution in [2.45, 2.75) is 374 Å². The molecule has 0 fully saturated rings. The van der Waals surface area contributed by atoms with Gasteiger partial charge in [-0.15, -0.1) is 0 Å². The molecule has 0 aliphatic rings. The van der Waals surface area contributed by atoms with Gasteiger partial charge in [0.05, 0.1) is 0 Å². The molecule has 0 radical (unpaired) electrons. The third kappa shape index (κ3) is 65.8. The lowest BCUT2D eigenvalue weighted by atomic mass is 10.0. The van der Waals surface area contributed by atoms with Gasteiger partial charge >= 0.3 is 17.9 Å². The number of allylic oxidation sites excluding steroid dienone is 10. The van der Waals surface area contributed by atoms with Crippen LogP contribution in [0.15, 0.2) is 60.8 Å². The van der Waals surface area contributed by atoms with E-state index in [1.807, 2.05) is 0 Å². The van der Waals surface area contributed by atoms with Crippen molar-refractivity contribution in [1.82, 2.24) is 0 Å². The van der Waals surface area contributed by atoms with Gasteiger partial charge in [-0.05, 0) is 64.2 Å². The average Bonchev–Trinajstić information content (AvgIpc) is 3.45. The number of hydrogen-bond acceptors (Lipinski definition) is 6. The lowest BCUT2D eigenvalue weighted by Crippen LogP contribution is -2.30. The van der Waals surface area contributed by atoms with Gasteiger partial charge in [-0.3, -0.25) is 14.4 Å². The topological polar surface area (TPSA) is 78.9 Å². The zero-order valence-corrected chi connectivity index (χ0v) is 52.9. The molecule has 0 N–H and O–H groups in total. The quantitative estimate of drug-likeness (QED) is 0.0261. The smallest absolute Gasteiger partial charge is 0.306 e. The van der Waals surface area contributed by atoms with Crippen LogP contribution in [0.1, 0.15) is 367 Å². The minimum absolute atomic E-state index is 0.0723. The van der Waals surface area contributed by atoms with E-state index in [0.29, 0.717) is 19.3 Å². The van der Waals surface area contributed by atoms with E-state index in [1.54, 1.807) is 0 Å². The Bertz CT molecular complexity index is 1410. The summed E-state index contributed by atoms with van der Waals surface area (Å²) in [4.78, 5) is 38.5. The predicted octanol–water partition coefficient (Wildman–Crippen LogP) is 23.9. The van der Waals surface area contributed by atoms with Gasteiger partial charge in [-0.2, -0.15) is 0 Å². The number of carbonyl (C=O) groups is 3. The Morgan fingerprint density at radius 1 is 0.266 bits per heavy atom. The van der Waals surface area contributed by atoms with Crippen LogP contribution in [-0.2, 0) is 28.6 Å². The number of unbranched alkanes of at least 4 members (excludes halogenated alkanes) is 43. The predicted molar refractivity (Wildman–Crippen MR) is 344 cm³/mol. The second kappa shape index (κ2) is 67.6. The summed E-state index contributed by atoms with van der Waals surface area (Å²) in [6.45, 7) is 6.59. The van der Waals surface area contributed by atoms with E-state index < -0.39 is 6.10 Å². The van der Waals surface area contributed by atoms with Crippen molar-refractivity contribution in [3.8, 4) is 0 Å². The van der Waals surface area contributed by atoms with Crippen LogP contribution in [0.4, 0.5) is 0 Å². The summed E-state index contributed by atoms with van der Waals surface area (Å²) >= 11 is 0. The molecule has 79 heavy (non-hydrogen) atoms. The van der Waals surface area contributed by atoms with E-state index in [4.69, 9.17) is 14.2 Å². The number of esters is 3. The highest BCUT2D eigenvalue weighted by molar-refractivity contribution is 5.71. The molecule has 0 aromatic rings. The molecule has 0 aliphatic heterocycles. The third-order valence-corrected chi connectivity index (χ3v) is 15.5. The fraction of sp³-hybridized carbons (Fsp3) is 0.822. The van der Waals surface area contributed by atoms with Crippen molar-refractivity contribution in [2.75, 3.05) is 13.2 Å². The molecule has 0 saturated heterocycles. The molecule has 1 atom stereocenters. The minimum Gasteiger partial charge on any atom is -0.462 e. The fourth-order valence-corrected chi connectivity index (χ4v) is 10.4. The van der Waals surface area contributed by atoms with E-state index in [-0.39, 0.29) is 31.1 Å². The molecule has 0 aromatic heterocycles. The number of ether oxygens (including phenoxy) is 3. The summed E-state index contributed by atoms with van der Waals surface area (Å²) < 4.78 is 17.0. The van der Waals surface area contributed by atoms with Gasteiger partial charge in [0, 0.05) is 19.3 Å². The first-order chi connectivity index (χ1) is 39.0. The van der Waals surface area contributed by atoms with Crippen LogP contribution in [0.2, 0.25) is 0 Å². The molecule has 0 spiro atoms. The Hall–Kier alpha value is -2.89. The number of carbonyl (C=O) groups excluding carboxylic acids is 3. The van der Waals surface area contributed by atoms with E-state index >= 15 is 0 Å². The zero-order valence-electron chi connectivity index (χ0n) is 52.9. The van der Waals surface area contributed by atoms with Crippen LogP contribution < -0.4 is 0 Å². The van der Waals surface area contributed by atoms with Crippen LogP contribution >= 0.6 is 0 Å². The van der Waals surface area contributed by atoms with Gasteiger partial charge in [-0.1, -0.05) is 345 Å². The van der Waals surface area contributed by atoms with Crippen molar-refractivity contribution in [3.63, 3.8) is 0 Å². The summed E-state index contributed by atoms with van der Waals surface area (Å²) in [6.07, 6.45) is 86.6. The lowest BCUT2D eigenvalue weighted by molar-refractivity contribution is -0.167. The van der Waals surface area contributed by atoms with Crippen molar-refractivity contribution in [1.29, 1.82) is 0 Å². The minimum atomic E-state index is -0.777. The monoisotopic (exact) mass is 1110 g/mol. The van der Waals surface area contributed by atoms with Crippen molar-refractivity contribution < 1.29 is 28.6 Å². The standard InChI is InChI=1S/C73H132O6/c1-4-7-10-13-16-19-22-25-28-31-33-35-37-39-40-42-45-48-51-54-57-60-63-66-72(75)78-69-70(68-77-71(74)65-62-59-56-53-50-47-44-30-27-24-21-18-15-12-9-6-3)79-73(76)67-64-61-58-55-52-49-46-43-41-38-36-34-32-29-26-23-20-17-14-11-8-5-2/h7,10,16,19,25,28,33,35,39-40,70H,4-6,8-9,11-15,17-18,20-24,26-27,29-32,34,36-38,41-69H2,1-3H3/b10-7-,19-16-,28-25-,35-33-,40-39-. The molecule has 6 heteroatoms. The number of hydrogen-bond donors (Lipinski definition) is 0. The average molecular weight is 1110 g/mol. The van der Waals surface area contributed by atoms with Crippen LogP contribution in [-0.4, -0.2) is 37.2 Å². The van der Waals surface area contributed by atoms with Crippen LogP contribution in [0, 0.1) is 0 Å². The van der Waals surface area contributed by atoms with E-state index in [1.165, 1.54) is 231 Å². The molecule has 0 saturated carbocycles. The SMILES string of the molecule is CC/C=C\C/C=C\C/C=C\C/C=C\C/C=C\CCCCCCCCCC(=O)OCC(COC(=O)CCCCCCCCCCCCCCCCCC)OC(=O)CCCCCCCCCCCCCCCCCCCCCCCC. The Kier molecular flexibility index (Phi) is 65.1. The van der Waals surface area contributed by atoms with Gasteiger partial charge in [0.2, 0.25) is 0 Å². The Morgan fingerprint density at radius 3 is 0.772 bits per heavy atom. The Labute approximate surface area is 491 Å². The van der Waals surface area contributed by atoms with Crippen LogP contribution in [0.25, 0.3) is 0 Å². The summed E-state index contributed by atoms with van der Waals surface area (Å²) in [7, 11) is 0. The lowest BCUT2D eigenvalue weighted by Gasteiger charge is -2.18. The third-order valence-electron chi connectivity index (χ3n) is 15.5. The summed E-state index contributed by atoms with van der Waals surface area (Å²) in [6, 6.07) is 0. The highest BCUT2D eigenvalue weighted by Gasteiger charge is 2.19. The van der Waals surface area contributed by atoms with Gasteiger partial charge in [0.1, 0.15) is 13.2 Å². The van der Waals surface area contributed by atoms with E-state index in [9.17, 15) is 14.4 Å².